The Hall–Kier alpha value is -0.570. The first-order chi connectivity index (χ1) is 8.06. The first kappa shape index (κ1) is 14.5. The van der Waals surface area contributed by atoms with E-state index in [0.717, 1.165) is 50.6 Å². The van der Waals surface area contributed by atoms with Crippen LogP contribution in [-0.4, -0.2) is 35.1 Å². The number of nitrogens with zero attached hydrogens (tertiary/aromatic N) is 1. The van der Waals surface area contributed by atoms with Crippen molar-refractivity contribution in [2.75, 3.05) is 13.1 Å². The van der Waals surface area contributed by atoms with Crippen LogP contribution in [0.2, 0.25) is 0 Å². The molecule has 0 spiro atoms. The molecule has 1 heterocycles. The van der Waals surface area contributed by atoms with E-state index in [4.69, 9.17) is 0 Å². The summed E-state index contributed by atoms with van der Waals surface area (Å²) in [5.41, 5.74) is 0. The molecule has 1 rings (SSSR count). The second kappa shape index (κ2) is 7.00. The fraction of sp³-hybridized carbons (Fsp3) is 0.929. The van der Waals surface area contributed by atoms with E-state index in [0.29, 0.717) is 0 Å². The average molecular weight is 241 g/mol. The average Bonchev–Trinajstić information content (AvgIpc) is 2.50. The summed E-state index contributed by atoms with van der Waals surface area (Å²) in [6.45, 7) is 8.53. The van der Waals surface area contributed by atoms with E-state index in [1.54, 1.807) is 0 Å². The number of aliphatic carboxylic acids is 1. The smallest absolute Gasteiger partial charge is 0.320 e. The van der Waals surface area contributed by atoms with Crippen molar-refractivity contribution in [2.45, 2.75) is 58.9 Å². The van der Waals surface area contributed by atoms with Gasteiger partial charge >= 0.3 is 5.97 Å². The van der Waals surface area contributed by atoms with E-state index in [-0.39, 0.29) is 6.04 Å². The van der Waals surface area contributed by atoms with Gasteiger partial charge in [-0.25, -0.2) is 0 Å². The molecule has 2 atom stereocenters. The third-order valence-electron chi connectivity index (χ3n) is 4.04. The standard InChI is InChI=1S/C14H27NO2/c1-4-6-13(14(16)17)15-9-5-7-12(8-10-15)11(2)3/h11-13H,4-10H2,1-3H3,(H,16,17). The van der Waals surface area contributed by atoms with Gasteiger partial charge < -0.3 is 5.11 Å². The Bertz CT molecular complexity index is 240. The summed E-state index contributed by atoms with van der Waals surface area (Å²) in [5.74, 6) is 0.857. The molecule has 0 aromatic heterocycles. The molecule has 0 aromatic rings. The number of rotatable bonds is 5. The highest BCUT2D eigenvalue weighted by Crippen LogP contribution is 2.26. The maximum Gasteiger partial charge on any atom is 0.320 e. The van der Waals surface area contributed by atoms with Gasteiger partial charge in [0.2, 0.25) is 0 Å². The van der Waals surface area contributed by atoms with Crippen molar-refractivity contribution in [1.29, 1.82) is 0 Å². The van der Waals surface area contributed by atoms with Crippen LogP contribution >= 0.6 is 0 Å². The summed E-state index contributed by atoms with van der Waals surface area (Å²) in [6, 6.07) is -0.258. The quantitative estimate of drug-likeness (QED) is 0.804. The minimum absolute atomic E-state index is 0.258. The molecule has 1 N–H and O–H groups in total. The largest absolute Gasteiger partial charge is 0.480 e. The molecule has 1 aliphatic heterocycles. The van der Waals surface area contributed by atoms with Crippen LogP contribution in [0.3, 0.4) is 0 Å². The zero-order valence-corrected chi connectivity index (χ0v) is 11.5. The topological polar surface area (TPSA) is 40.5 Å². The highest BCUT2D eigenvalue weighted by molar-refractivity contribution is 5.73. The second-order valence-electron chi connectivity index (χ2n) is 5.61. The first-order valence-electron chi connectivity index (χ1n) is 7.03. The zero-order valence-electron chi connectivity index (χ0n) is 11.5. The predicted octanol–water partition coefficient (Wildman–Crippen LogP) is 3.00. The van der Waals surface area contributed by atoms with Crippen LogP contribution in [0.15, 0.2) is 0 Å². The van der Waals surface area contributed by atoms with E-state index in [2.05, 4.69) is 25.7 Å². The summed E-state index contributed by atoms with van der Waals surface area (Å²) in [7, 11) is 0. The van der Waals surface area contributed by atoms with Crippen LogP contribution in [0, 0.1) is 11.8 Å². The van der Waals surface area contributed by atoms with Crippen LogP contribution in [0.4, 0.5) is 0 Å². The lowest BCUT2D eigenvalue weighted by atomic mass is 9.89. The Balaban J connectivity index is 2.56. The molecular formula is C14H27NO2. The Labute approximate surface area is 105 Å². The third kappa shape index (κ3) is 4.30. The number of carbonyl (C=O) groups is 1. The number of hydrogen-bond donors (Lipinski definition) is 1. The van der Waals surface area contributed by atoms with Crippen molar-refractivity contribution in [3.05, 3.63) is 0 Å². The van der Waals surface area contributed by atoms with Crippen molar-refractivity contribution in [1.82, 2.24) is 4.90 Å². The molecule has 0 radical (unpaired) electrons. The Kier molecular flexibility index (Phi) is 5.96. The minimum atomic E-state index is -0.644. The molecule has 1 aliphatic rings. The zero-order chi connectivity index (χ0) is 12.8. The van der Waals surface area contributed by atoms with Gasteiger partial charge in [-0.1, -0.05) is 27.2 Å². The van der Waals surface area contributed by atoms with Gasteiger partial charge in [0, 0.05) is 0 Å². The van der Waals surface area contributed by atoms with Crippen molar-refractivity contribution >= 4 is 5.97 Å². The lowest BCUT2D eigenvalue weighted by Gasteiger charge is -2.27. The maximum atomic E-state index is 11.3. The van der Waals surface area contributed by atoms with E-state index in [9.17, 15) is 9.90 Å². The molecule has 100 valence electrons. The van der Waals surface area contributed by atoms with Crippen molar-refractivity contribution < 1.29 is 9.90 Å². The molecule has 0 amide bonds. The summed E-state index contributed by atoms with van der Waals surface area (Å²) < 4.78 is 0. The fourth-order valence-corrected chi connectivity index (χ4v) is 2.86. The van der Waals surface area contributed by atoms with Gasteiger partial charge in [-0.3, -0.25) is 9.69 Å². The molecule has 0 aliphatic carbocycles. The van der Waals surface area contributed by atoms with Crippen LogP contribution < -0.4 is 0 Å². The SMILES string of the molecule is CCCC(C(=O)O)N1CCCC(C(C)C)CC1. The van der Waals surface area contributed by atoms with Gasteiger partial charge in [0.15, 0.2) is 0 Å². The number of hydrogen-bond acceptors (Lipinski definition) is 2. The number of carboxylic acid groups (broad SMARTS) is 1. The summed E-state index contributed by atoms with van der Waals surface area (Å²) in [5, 5.41) is 9.28. The minimum Gasteiger partial charge on any atom is -0.480 e. The predicted molar refractivity (Wildman–Crippen MR) is 70.1 cm³/mol. The normalized spacial score (nSPS) is 24.6. The fourth-order valence-electron chi connectivity index (χ4n) is 2.86. The van der Waals surface area contributed by atoms with Gasteiger partial charge in [-0.05, 0) is 50.6 Å². The van der Waals surface area contributed by atoms with Gasteiger partial charge in [0.25, 0.3) is 0 Å². The molecular weight excluding hydrogens is 214 g/mol. The van der Waals surface area contributed by atoms with Gasteiger partial charge in [-0.15, -0.1) is 0 Å². The van der Waals surface area contributed by atoms with E-state index in [1.165, 1.54) is 6.42 Å². The summed E-state index contributed by atoms with van der Waals surface area (Å²) in [4.78, 5) is 13.5. The van der Waals surface area contributed by atoms with Gasteiger partial charge in [0.1, 0.15) is 6.04 Å². The van der Waals surface area contributed by atoms with Crippen LogP contribution in [0.1, 0.15) is 52.9 Å². The van der Waals surface area contributed by atoms with Crippen molar-refractivity contribution in [3.8, 4) is 0 Å². The summed E-state index contributed by atoms with van der Waals surface area (Å²) in [6.07, 6.45) is 5.29. The Morgan fingerprint density at radius 1 is 1.35 bits per heavy atom. The molecule has 0 saturated carbocycles. The monoisotopic (exact) mass is 241 g/mol. The lowest BCUT2D eigenvalue weighted by Crippen LogP contribution is -2.41. The maximum absolute atomic E-state index is 11.3. The molecule has 2 unspecified atom stereocenters. The van der Waals surface area contributed by atoms with E-state index in [1.807, 2.05) is 0 Å². The molecule has 17 heavy (non-hydrogen) atoms. The number of carboxylic acids is 1. The highest BCUT2D eigenvalue weighted by Gasteiger charge is 2.27. The molecule has 0 bridgehead atoms. The molecule has 1 fully saturated rings. The van der Waals surface area contributed by atoms with E-state index < -0.39 is 5.97 Å². The van der Waals surface area contributed by atoms with Crippen molar-refractivity contribution in [2.24, 2.45) is 11.8 Å². The molecule has 0 aromatic carbocycles. The molecule has 1 saturated heterocycles. The molecule has 3 heteroatoms. The van der Waals surface area contributed by atoms with Crippen LogP contribution in [0.25, 0.3) is 0 Å². The number of likely N-dealkylation sites (tertiary alicyclic amines) is 1. The van der Waals surface area contributed by atoms with Crippen LogP contribution in [0.5, 0.6) is 0 Å². The third-order valence-corrected chi connectivity index (χ3v) is 4.04. The highest BCUT2D eigenvalue weighted by atomic mass is 16.4. The first-order valence-corrected chi connectivity index (χ1v) is 7.03. The van der Waals surface area contributed by atoms with E-state index >= 15 is 0 Å². The second-order valence-corrected chi connectivity index (χ2v) is 5.61. The van der Waals surface area contributed by atoms with Gasteiger partial charge in [0.05, 0.1) is 0 Å². The Morgan fingerprint density at radius 3 is 2.59 bits per heavy atom. The van der Waals surface area contributed by atoms with Gasteiger partial charge in [-0.2, -0.15) is 0 Å². The van der Waals surface area contributed by atoms with Crippen LogP contribution in [-0.2, 0) is 4.79 Å². The lowest BCUT2D eigenvalue weighted by molar-refractivity contribution is -0.143. The van der Waals surface area contributed by atoms with Crippen molar-refractivity contribution in [3.63, 3.8) is 0 Å². The molecule has 3 nitrogen and oxygen atoms in total. The Morgan fingerprint density at radius 2 is 2.06 bits per heavy atom. The summed E-state index contributed by atoms with van der Waals surface area (Å²) >= 11 is 0.